The van der Waals surface area contributed by atoms with E-state index in [0.717, 1.165) is 16.5 Å². The van der Waals surface area contributed by atoms with Crippen molar-refractivity contribution < 1.29 is 24.2 Å². The molecule has 24 heavy (non-hydrogen) atoms. The lowest BCUT2D eigenvalue weighted by molar-refractivity contribution is -0.145. The zero-order valence-corrected chi connectivity index (χ0v) is 13.1. The number of benzene rings is 1. The molecule has 2 aromatic rings. The molecule has 0 aliphatic heterocycles. The number of carbonyl (C=O) groups excluding carboxylic acids is 2. The molecule has 0 aliphatic rings. The van der Waals surface area contributed by atoms with E-state index in [4.69, 9.17) is 15.6 Å². The highest BCUT2D eigenvalue weighted by Crippen LogP contribution is 2.19. The summed E-state index contributed by atoms with van der Waals surface area (Å²) in [4.78, 5) is 37.7. The number of ether oxygens (including phenoxy) is 1. The van der Waals surface area contributed by atoms with Crippen LogP contribution in [0.25, 0.3) is 10.9 Å². The Morgan fingerprint density at radius 3 is 2.71 bits per heavy atom. The van der Waals surface area contributed by atoms with Crippen LogP contribution in [0.1, 0.15) is 12.0 Å². The minimum absolute atomic E-state index is 0.197. The van der Waals surface area contributed by atoms with Gasteiger partial charge in [-0.2, -0.15) is 0 Å². The third-order valence-electron chi connectivity index (χ3n) is 3.63. The van der Waals surface area contributed by atoms with E-state index in [-0.39, 0.29) is 6.42 Å². The van der Waals surface area contributed by atoms with Crippen molar-refractivity contribution in [3.63, 3.8) is 0 Å². The molecule has 0 bridgehead atoms. The van der Waals surface area contributed by atoms with Gasteiger partial charge in [-0.1, -0.05) is 18.2 Å². The smallest absolute Gasteiger partial charge is 0.328 e. The number of fused-ring (bicyclic) bond motifs is 1. The highest BCUT2D eigenvalue weighted by Gasteiger charge is 2.26. The van der Waals surface area contributed by atoms with Crippen LogP contribution in [0.5, 0.6) is 0 Å². The number of hydrogen-bond acceptors (Lipinski definition) is 5. The normalized spacial score (nSPS) is 13.2. The molecule has 0 saturated heterocycles. The van der Waals surface area contributed by atoms with E-state index in [1.54, 1.807) is 6.20 Å². The van der Waals surface area contributed by atoms with Gasteiger partial charge in [0, 0.05) is 23.5 Å². The molecule has 1 unspecified atom stereocenters. The maximum Gasteiger partial charge on any atom is 0.328 e. The largest absolute Gasteiger partial charge is 0.481 e. The Kier molecular flexibility index (Phi) is 5.54. The summed E-state index contributed by atoms with van der Waals surface area (Å²) in [5.41, 5.74) is 7.26. The second kappa shape index (κ2) is 7.60. The first-order chi connectivity index (χ1) is 11.4. The zero-order valence-electron chi connectivity index (χ0n) is 13.1. The standard InChI is InChI=1S/C16H19N3O5/c1-24-16(23)13(19-15(22)11(17)7-14(20)21)6-9-8-18-12-5-3-2-4-10(9)12/h2-5,8,11,13,18H,6-7,17H2,1H3,(H,19,22)(H,20,21)/t11?,13-/m0/s1. The van der Waals surface area contributed by atoms with E-state index >= 15 is 0 Å². The van der Waals surface area contributed by atoms with Crippen molar-refractivity contribution in [1.29, 1.82) is 0 Å². The van der Waals surface area contributed by atoms with Gasteiger partial charge < -0.3 is 25.9 Å². The molecular weight excluding hydrogens is 314 g/mol. The second-order valence-corrected chi connectivity index (χ2v) is 5.35. The van der Waals surface area contributed by atoms with Crippen molar-refractivity contribution in [3.05, 3.63) is 36.0 Å². The fourth-order valence-electron chi connectivity index (χ4n) is 2.42. The van der Waals surface area contributed by atoms with Crippen LogP contribution in [-0.4, -0.2) is 47.1 Å². The van der Waals surface area contributed by atoms with Crippen LogP contribution in [0, 0.1) is 0 Å². The molecule has 0 spiro atoms. The summed E-state index contributed by atoms with van der Waals surface area (Å²) in [6.07, 6.45) is 1.43. The number of para-hydroxylation sites is 1. The number of H-pyrrole nitrogens is 1. The van der Waals surface area contributed by atoms with Crippen molar-refractivity contribution in [2.45, 2.75) is 24.9 Å². The number of carbonyl (C=O) groups is 3. The first-order valence-electron chi connectivity index (χ1n) is 7.33. The van der Waals surface area contributed by atoms with E-state index in [1.807, 2.05) is 24.3 Å². The number of aliphatic carboxylic acids is 1. The average Bonchev–Trinajstić information content (AvgIpc) is 2.96. The predicted octanol–water partition coefficient (Wildman–Crippen LogP) is 0.170. The van der Waals surface area contributed by atoms with Gasteiger partial charge in [-0.3, -0.25) is 9.59 Å². The second-order valence-electron chi connectivity index (χ2n) is 5.35. The topological polar surface area (TPSA) is 135 Å². The molecule has 0 radical (unpaired) electrons. The van der Waals surface area contributed by atoms with Crippen molar-refractivity contribution in [2.24, 2.45) is 5.73 Å². The van der Waals surface area contributed by atoms with E-state index in [9.17, 15) is 14.4 Å². The van der Waals surface area contributed by atoms with Crippen LogP contribution in [0.2, 0.25) is 0 Å². The third-order valence-corrected chi connectivity index (χ3v) is 3.63. The van der Waals surface area contributed by atoms with Gasteiger partial charge in [0.25, 0.3) is 0 Å². The molecule has 1 heterocycles. The van der Waals surface area contributed by atoms with Gasteiger partial charge in [0.2, 0.25) is 5.91 Å². The molecule has 8 nitrogen and oxygen atoms in total. The molecular formula is C16H19N3O5. The SMILES string of the molecule is COC(=O)[C@H](Cc1c[nH]c2ccccc12)NC(=O)C(N)CC(=O)O. The van der Waals surface area contributed by atoms with E-state index in [0.29, 0.717) is 0 Å². The molecule has 128 valence electrons. The Bertz CT molecular complexity index is 755. The van der Waals surface area contributed by atoms with Crippen molar-refractivity contribution in [2.75, 3.05) is 7.11 Å². The molecule has 8 heteroatoms. The molecule has 1 aromatic carbocycles. The number of esters is 1. The number of rotatable bonds is 7. The number of nitrogens with two attached hydrogens (primary N) is 1. The molecule has 0 fully saturated rings. The number of hydrogen-bond donors (Lipinski definition) is 4. The van der Waals surface area contributed by atoms with E-state index in [2.05, 4.69) is 10.3 Å². The fraction of sp³-hybridized carbons (Fsp3) is 0.312. The third kappa shape index (κ3) is 4.11. The fourth-order valence-corrected chi connectivity index (χ4v) is 2.42. The number of aromatic nitrogens is 1. The number of carboxylic acid groups (broad SMARTS) is 1. The predicted molar refractivity (Wildman–Crippen MR) is 86.2 cm³/mol. The number of carboxylic acids is 1. The summed E-state index contributed by atoms with van der Waals surface area (Å²) in [7, 11) is 1.22. The Morgan fingerprint density at radius 1 is 1.33 bits per heavy atom. The summed E-state index contributed by atoms with van der Waals surface area (Å²) in [5, 5.41) is 12.1. The molecule has 2 atom stereocenters. The van der Waals surface area contributed by atoms with Crippen LogP contribution < -0.4 is 11.1 Å². The zero-order chi connectivity index (χ0) is 17.7. The lowest BCUT2D eigenvalue weighted by Crippen LogP contribution is -2.50. The average molecular weight is 333 g/mol. The summed E-state index contributed by atoms with van der Waals surface area (Å²) in [6.45, 7) is 0. The maximum atomic E-state index is 12.0. The van der Waals surface area contributed by atoms with Crippen molar-refractivity contribution >= 4 is 28.7 Å². The number of nitrogens with one attached hydrogen (secondary N) is 2. The van der Waals surface area contributed by atoms with Crippen LogP contribution >= 0.6 is 0 Å². The maximum absolute atomic E-state index is 12.0. The van der Waals surface area contributed by atoms with Gasteiger partial charge in [-0.25, -0.2) is 4.79 Å². The quantitative estimate of drug-likeness (QED) is 0.534. The number of methoxy groups -OCH3 is 1. The van der Waals surface area contributed by atoms with E-state index in [1.165, 1.54) is 7.11 Å². The van der Waals surface area contributed by atoms with Crippen LogP contribution in [0.4, 0.5) is 0 Å². The van der Waals surface area contributed by atoms with Gasteiger partial charge >= 0.3 is 11.9 Å². The Morgan fingerprint density at radius 2 is 2.04 bits per heavy atom. The Labute approximate surface area is 138 Å². The van der Waals surface area contributed by atoms with Gasteiger partial charge in [-0.15, -0.1) is 0 Å². The Balaban J connectivity index is 2.15. The molecule has 5 N–H and O–H groups in total. The summed E-state index contributed by atoms with van der Waals surface area (Å²) in [5.74, 6) is -2.53. The Hall–Kier alpha value is -2.87. The van der Waals surface area contributed by atoms with Crippen LogP contribution in [0.15, 0.2) is 30.5 Å². The van der Waals surface area contributed by atoms with Gasteiger partial charge in [0.05, 0.1) is 19.6 Å². The van der Waals surface area contributed by atoms with Gasteiger partial charge in [0.1, 0.15) is 6.04 Å². The highest BCUT2D eigenvalue weighted by atomic mass is 16.5. The summed E-state index contributed by atoms with van der Waals surface area (Å²) in [6, 6.07) is 5.35. The highest BCUT2D eigenvalue weighted by molar-refractivity contribution is 5.90. The lowest BCUT2D eigenvalue weighted by Gasteiger charge is -2.18. The monoisotopic (exact) mass is 333 g/mol. The summed E-state index contributed by atoms with van der Waals surface area (Å²) >= 11 is 0. The number of amides is 1. The minimum atomic E-state index is -1.24. The molecule has 1 aromatic heterocycles. The molecule has 1 amide bonds. The van der Waals surface area contributed by atoms with Crippen molar-refractivity contribution in [3.8, 4) is 0 Å². The minimum Gasteiger partial charge on any atom is -0.481 e. The first kappa shape index (κ1) is 17.5. The first-order valence-corrected chi connectivity index (χ1v) is 7.33. The van der Waals surface area contributed by atoms with Crippen LogP contribution in [-0.2, 0) is 25.5 Å². The van der Waals surface area contributed by atoms with Crippen molar-refractivity contribution in [1.82, 2.24) is 10.3 Å². The summed E-state index contributed by atoms with van der Waals surface area (Å²) < 4.78 is 4.71. The molecule has 0 saturated carbocycles. The number of aromatic amines is 1. The van der Waals surface area contributed by atoms with Gasteiger partial charge in [0.15, 0.2) is 0 Å². The van der Waals surface area contributed by atoms with E-state index < -0.39 is 36.4 Å². The van der Waals surface area contributed by atoms with Crippen LogP contribution in [0.3, 0.4) is 0 Å². The molecule has 2 rings (SSSR count). The van der Waals surface area contributed by atoms with Gasteiger partial charge in [-0.05, 0) is 11.6 Å². The molecule has 0 aliphatic carbocycles. The lowest BCUT2D eigenvalue weighted by atomic mass is 10.0.